The zero-order valence-electron chi connectivity index (χ0n) is 15.0. The molecule has 3 atom stereocenters. The highest BCUT2D eigenvalue weighted by Crippen LogP contribution is 2.54. The van der Waals surface area contributed by atoms with Gasteiger partial charge in [0.1, 0.15) is 5.76 Å². The molecule has 0 N–H and O–H groups in total. The molecular formula is C21H23N3O. The highest BCUT2D eigenvalue weighted by Gasteiger charge is 2.51. The predicted molar refractivity (Wildman–Crippen MR) is 96.4 cm³/mol. The zero-order chi connectivity index (χ0) is 17.2. The molecule has 5 rings (SSSR count). The van der Waals surface area contributed by atoms with Crippen molar-refractivity contribution in [2.75, 3.05) is 0 Å². The van der Waals surface area contributed by atoms with Crippen LogP contribution in [0.15, 0.2) is 41.1 Å². The lowest BCUT2D eigenvalue weighted by Gasteiger charge is -2.47. The van der Waals surface area contributed by atoms with Crippen molar-refractivity contribution in [2.45, 2.75) is 44.4 Å². The second-order valence-corrected chi connectivity index (χ2v) is 7.91. The first-order chi connectivity index (χ1) is 12.1. The average molecular weight is 333 g/mol. The van der Waals surface area contributed by atoms with Crippen molar-refractivity contribution >= 4 is 0 Å². The molecule has 0 saturated carbocycles. The molecule has 0 fully saturated rings. The molecule has 4 heteroatoms. The highest BCUT2D eigenvalue weighted by atomic mass is 16.5. The summed E-state index contributed by atoms with van der Waals surface area (Å²) in [4.78, 5) is 0. The van der Waals surface area contributed by atoms with E-state index in [-0.39, 0.29) is 5.41 Å². The van der Waals surface area contributed by atoms with Crippen LogP contribution in [0.4, 0.5) is 0 Å². The molecule has 4 nitrogen and oxygen atoms in total. The first-order valence-electron chi connectivity index (χ1n) is 9.15. The molecule has 0 saturated heterocycles. The number of fused-ring (bicyclic) bond motifs is 4. The van der Waals surface area contributed by atoms with E-state index in [4.69, 9.17) is 9.62 Å². The van der Waals surface area contributed by atoms with Crippen LogP contribution < -0.4 is 0 Å². The molecule has 0 radical (unpaired) electrons. The summed E-state index contributed by atoms with van der Waals surface area (Å²) in [6, 6.07) is 10.6. The lowest BCUT2D eigenvalue weighted by Crippen LogP contribution is -2.45. The maximum absolute atomic E-state index is 5.58. The van der Waals surface area contributed by atoms with Gasteiger partial charge >= 0.3 is 0 Å². The molecular weight excluding hydrogens is 310 g/mol. The van der Waals surface area contributed by atoms with Crippen LogP contribution in [0.25, 0.3) is 11.3 Å². The van der Waals surface area contributed by atoms with Gasteiger partial charge in [-0.25, -0.2) is 0 Å². The van der Waals surface area contributed by atoms with E-state index < -0.39 is 0 Å². The summed E-state index contributed by atoms with van der Waals surface area (Å²) in [7, 11) is 2.10. The number of hydrogen-bond donors (Lipinski definition) is 0. The normalized spacial score (nSPS) is 27.5. The number of aromatic nitrogens is 3. The van der Waals surface area contributed by atoms with Gasteiger partial charge in [-0.15, -0.1) is 0 Å². The molecule has 25 heavy (non-hydrogen) atoms. The summed E-state index contributed by atoms with van der Waals surface area (Å²) in [5.41, 5.74) is 6.56. The smallest absolute Gasteiger partial charge is 0.143 e. The molecule has 128 valence electrons. The summed E-state index contributed by atoms with van der Waals surface area (Å²) < 4.78 is 7.72. The third-order valence-electron chi connectivity index (χ3n) is 6.51. The Balaban J connectivity index is 1.70. The third kappa shape index (κ3) is 1.94. The fourth-order valence-electron chi connectivity index (χ4n) is 5.51. The Hall–Kier alpha value is -2.36. The fraction of sp³-hybridized carbons (Fsp3) is 0.429. The number of hydrogen-bond acceptors (Lipinski definition) is 3. The summed E-state index contributed by atoms with van der Waals surface area (Å²) in [6.07, 6.45) is 5.16. The maximum Gasteiger partial charge on any atom is 0.143 e. The fourth-order valence-corrected chi connectivity index (χ4v) is 5.51. The lowest BCUT2D eigenvalue weighted by molar-refractivity contribution is 0.168. The van der Waals surface area contributed by atoms with E-state index in [0.717, 1.165) is 24.3 Å². The van der Waals surface area contributed by atoms with Crippen molar-refractivity contribution in [3.05, 3.63) is 59.1 Å². The third-order valence-corrected chi connectivity index (χ3v) is 6.51. The largest absolute Gasteiger partial charge is 0.361 e. The van der Waals surface area contributed by atoms with E-state index >= 15 is 0 Å². The number of benzene rings is 1. The Bertz CT molecular complexity index is 939. The van der Waals surface area contributed by atoms with Crippen LogP contribution in [-0.4, -0.2) is 14.9 Å². The molecule has 2 heterocycles. The molecule has 2 aliphatic rings. The van der Waals surface area contributed by atoms with Gasteiger partial charge in [0.05, 0.1) is 11.9 Å². The average Bonchev–Trinajstić information content (AvgIpc) is 3.20. The van der Waals surface area contributed by atoms with Gasteiger partial charge in [-0.05, 0) is 25.2 Å². The van der Waals surface area contributed by atoms with Crippen molar-refractivity contribution < 1.29 is 4.52 Å². The van der Waals surface area contributed by atoms with Crippen LogP contribution in [-0.2, 0) is 25.3 Å². The monoisotopic (exact) mass is 333 g/mol. The Morgan fingerprint density at radius 1 is 1.24 bits per heavy atom. The van der Waals surface area contributed by atoms with Gasteiger partial charge in [-0.2, -0.15) is 5.10 Å². The summed E-state index contributed by atoms with van der Waals surface area (Å²) >= 11 is 0. The molecule has 1 aromatic carbocycles. The van der Waals surface area contributed by atoms with E-state index in [2.05, 4.69) is 61.1 Å². The lowest BCUT2D eigenvalue weighted by atomic mass is 9.56. The SMILES string of the molecule is C[C@H]1c2oncc2C[C@@]2(C)c3c(c(-c4ccccc4)nn3C)CC[C@H]12. The minimum atomic E-state index is 0.0837. The van der Waals surface area contributed by atoms with E-state index in [1.165, 1.54) is 28.8 Å². The minimum Gasteiger partial charge on any atom is -0.361 e. The van der Waals surface area contributed by atoms with E-state index in [0.29, 0.717) is 11.8 Å². The minimum absolute atomic E-state index is 0.0837. The molecule has 2 aromatic heterocycles. The zero-order valence-corrected chi connectivity index (χ0v) is 15.0. The Morgan fingerprint density at radius 3 is 2.84 bits per heavy atom. The Morgan fingerprint density at radius 2 is 2.04 bits per heavy atom. The van der Waals surface area contributed by atoms with Gasteiger partial charge in [0.25, 0.3) is 0 Å². The van der Waals surface area contributed by atoms with Crippen molar-refractivity contribution in [2.24, 2.45) is 13.0 Å². The van der Waals surface area contributed by atoms with Crippen LogP contribution in [0, 0.1) is 5.92 Å². The van der Waals surface area contributed by atoms with Gasteiger partial charge in [-0.1, -0.05) is 49.3 Å². The first-order valence-corrected chi connectivity index (χ1v) is 9.15. The van der Waals surface area contributed by atoms with Crippen molar-refractivity contribution in [1.29, 1.82) is 0 Å². The summed E-state index contributed by atoms with van der Waals surface area (Å²) in [5.74, 6) is 2.07. The summed E-state index contributed by atoms with van der Waals surface area (Å²) in [6.45, 7) is 4.71. The van der Waals surface area contributed by atoms with Crippen LogP contribution in [0.3, 0.4) is 0 Å². The molecule has 2 aliphatic carbocycles. The van der Waals surface area contributed by atoms with Gasteiger partial charge in [0, 0.05) is 40.8 Å². The standard InChI is InChI=1S/C21H23N3O/c1-13-17-10-9-16-18(14-7-5-4-6-8-14)23-24(3)20(16)21(17,2)11-15-12-22-25-19(13)15/h4-8,12-13,17H,9-11H2,1-3H3/t13-,17-,21-/m1/s1. The van der Waals surface area contributed by atoms with Gasteiger partial charge < -0.3 is 4.52 Å². The van der Waals surface area contributed by atoms with Crippen LogP contribution >= 0.6 is 0 Å². The van der Waals surface area contributed by atoms with Crippen LogP contribution in [0.2, 0.25) is 0 Å². The highest BCUT2D eigenvalue weighted by molar-refractivity contribution is 5.65. The Kier molecular flexibility index (Phi) is 3.03. The van der Waals surface area contributed by atoms with Crippen LogP contribution in [0.1, 0.15) is 48.8 Å². The van der Waals surface area contributed by atoms with E-state index in [1.54, 1.807) is 0 Å². The number of rotatable bonds is 1. The molecule has 0 aliphatic heterocycles. The van der Waals surface area contributed by atoms with Crippen molar-refractivity contribution in [1.82, 2.24) is 14.9 Å². The second-order valence-electron chi connectivity index (χ2n) is 7.91. The maximum atomic E-state index is 5.58. The van der Waals surface area contributed by atoms with E-state index in [1.807, 2.05) is 6.20 Å². The predicted octanol–water partition coefficient (Wildman–Crippen LogP) is 4.26. The van der Waals surface area contributed by atoms with Gasteiger partial charge in [-0.3, -0.25) is 4.68 Å². The van der Waals surface area contributed by atoms with Crippen molar-refractivity contribution in [3.8, 4) is 11.3 Å². The van der Waals surface area contributed by atoms with Gasteiger partial charge in [0.15, 0.2) is 0 Å². The topological polar surface area (TPSA) is 43.9 Å². The van der Waals surface area contributed by atoms with Gasteiger partial charge in [0.2, 0.25) is 0 Å². The van der Waals surface area contributed by atoms with E-state index in [9.17, 15) is 0 Å². The quantitative estimate of drug-likeness (QED) is 0.668. The molecule has 0 unspecified atom stereocenters. The Labute approximate surface area is 147 Å². The number of nitrogens with zero attached hydrogens (tertiary/aromatic N) is 3. The molecule has 0 amide bonds. The molecule has 3 aromatic rings. The molecule has 0 bridgehead atoms. The summed E-state index contributed by atoms with van der Waals surface area (Å²) in [5, 5.41) is 9.02. The molecule has 0 spiro atoms. The number of aryl methyl sites for hydroxylation is 1. The van der Waals surface area contributed by atoms with Crippen molar-refractivity contribution in [3.63, 3.8) is 0 Å². The second kappa shape index (κ2) is 5.07. The van der Waals surface area contributed by atoms with Crippen LogP contribution in [0.5, 0.6) is 0 Å². The first kappa shape index (κ1) is 14.9.